The first-order valence-electron chi connectivity index (χ1n) is 3.99. The second-order valence-corrected chi connectivity index (χ2v) is 3.56. The molecular formula is C8H12O3. The minimum absolute atomic E-state index is 0.204. The van der Waals surface area contributed by atoms with E-state index < -0.39 is 11.6 Å². The van der Waals surface area contributed by atoms with Crippen LogP contribution in [-0.2, 0) is 9.53 Å². The lowest BCUT2D eigenvalue weighted by Gasteiger charge is -2.20. The Morgan fingerprint density at radius 3 is 2.82 bits per heavy atom. The van der Waals surface area contributed by atoms with Crippen molar-refractivity contribution in [2.24, 2.45) is 11.8 Å². The van der Waals surface area contributed by atoms with E-state index in [-0.39, 0.29) is 5.92 Å². The summed E-state index contributed by atoms with van der Waals surface area (Å²) in [6, 6.07) is 0. The van der Waals surface area contributed by atoms with Gasteiger partial charge in [-0.15, -0.1) is 0 Å². The first-order valence-corrected chi connectivity index (χ1v) is 3.99. The Labute approximate surface area is 65.4 Å². The Morgan fingerprint density at radius 1 is 1.73 bits per heavy atom. The highest BCUT2D eigenvalue weighted by Crippen LogP contribution is 2.57. The SMILES string of the molecule is COC(=O)C1(O)CCC2CC21. The maximum atomic E-state index is 11.1. The van der Waals surface area contributed by atoms with Crippen molar-refractivity contribution in [3.63, 3.8) is 0 Å². The topological polar surface area (TPSA) is 46.5 Å². The van der Waals surface area contributed by atoms with E-state index in [9.17, 15) is 9.90 Å². The Bertz CT molecular complexity index is 202. The molecular weight excluding hydrogens is 144 g/mol. The van der Waals surface area contributed by atoms with Crippen molar-refractivity contribution in [2.75, 3.05) is 7.11 Å². The standard InChI is InChI=1S/C8H12O3/c1-11-7(9)8(10)3-2-5-4-6(5)8/h5-6,10H,2-4H2,1H3. The number of carbonyl (C=O) groups is 1. The van der Waals surface area contributed by atoms with E-state index in [4.69, 9.17) is 0 Å². The van der Waals surface area contributed by atoms with Crippen LogP contribution in [0.15, 0.2) is 0 Å². The second-order valence-electron chi connectivity index (χ2n) is 3.56. The van der Waals surface area contributed by atoms with Crippen molar-refractivity contribution in [1.82, 2.24) is 0 Å². The largest absolute Gasteiger partial charge is 0.467 e. The van der Waals surface area contributed by atoms with E-state index in [1.165, 1.54) is 7.11 Å². The van der Waals surface area contributed by atoms with Crippen LogP contribution in [0, 0.1) is 11.8 Å². The van der Waals surface area contributed by atoms with Crippen molar-refractivity contribution >= 4 is 5.97 Å². The maximum absolute atomic E-state index is 11.1. The summed E-state index contributed by atoms with van der Waals surface area (Å²) in [5, 5.41) is 9.80. The van der Waals surface area contributed by atoms with Gasteiger partial charge in [-0.2, -0.15) is 0 Å². The van der Waals surface area contributed by atoms with Crippen LogP contribution in [0.5, 0.6) is 0 Å². The molecule has 11 heavy (non-hydrogen) atoms. The molecule has 0 aromatic carbocycles. The molecule has 3 unspecified atom stereocenters. The summed E-state index contributed by atoms with van der Waals surface area (Å²) >= 11 is 0. The van der Waals surface area contributed by atoms with Crippen LogP contribution in [-0.4, -0.2) is 23.8 Å². The number of hydrogen-bond acceptors (Lipinski definition) is 3. The molecule has 3 nitrogen and oxygen atoms in total. The van der Waals surface area contributed by atoms with E-state index in [2.05, 4.69) is 4.74 Å². The molecule has 0 amide bonds. The van der Waals surface area contributed by atoms with Crippen LogP contribution in [0.25, 0.3) is 0 Å². The molecule has 2 aliphatic carbocycles. The number of ether oxygens (including phenoxy) is 1. The highest BCUT2D eigenvalue weighted by Gasteiger charge is 2.61. The summed E-state index contributed by atoms with van der Waals surface area (Å²) in [5.74, 6) is 0.358. The fourth-order valence-corrected chi connectivity index (χ4v) is 2.17. The number of esters is 1. The third kappa shape index (κ3) is 0.805. The number of hydrogen-bond donors (Lipinski definition) is 1. The maximum Gasteiger partial charge on any atom is 0.338 e. The predicted octanol–water partition coefficient (Wildman–Crippen LogP) is 0.320. The van der Waals surface area contributed by atoms with Gasteiger partial charge in [0, 0.05) is 5.92 Å². The van der Waals surface area contributed by atoms with Gasteiger partial charge in [-0.05, 0) is 25.2 Å². The van der Waals surface area contributed by atoms with Crippen molar-refractivity contribution < 1.29 is 14.6 Å². The molecule has 3 atom stereocenters. The van der Waals surface area contributed by atoms with Crippen LogP contribution in [0.3, 0.4) is 0 Å². The zero-order chi connectivity index (χ0) is 8.06. The molecule has 0 bridgehead atoms. The van der Waals surface area contributed by atoms with Gasteiger partial charge >= 0.3 is 5.97 Å². The van der Waals surface area contributed by atoms with Crippen LogP contribution in [0.2, 0.25) is 0 Å². The van der Waals surface area contributed by atoms with E-state index in [1.54, 1.807) is 0 Å². The summed E-state index contributed by atoms with van der Waals surface area (Å²) in [6.45, 7) is 0. The summed E-state index contributed by atoms with van der Waals surface area (Å²) in [5.41, 5.74) is -1.13. The van der Waals surface area contributed by atoms with Gasteiger partial charge in [0.2, 0.25) is 0 Å². The zero-order valence-corrected chi connectivity index (χ0v) is 6.54. The molecule has 3 heteroatoms. The number of rotatable bonds is 1. The monoisotopic (exact) mass is 156 g/mol. The fraction of sp³-hybridized carbons (Fsp3) is 0.875. The summed E-state index contributed by atoms with van der Waals surface area (Å²) in [7, 11) is 1.33. The van der Waals surface area contributed by atoms with Crippen molar-refractivity contribution in [2.45, 2.75) is 24.9 Å². The first kappa shape index (κ1) is 7.10. The van der Waals surface area contributed by atoms with Gasteiger partial charge in [0.05, 0.1) is 7.11 Å². The molecule has 0 aliphatic heterocycles. The average Bonchev–Trinajstić information content (AvgIpc) is 2.73. The highest BCUT2D eigenvalue weighted by molar-refractivity contribution is 5.80. The normalized spacial score (nSPS) is 46.7. The van der Waals surface area contributed by atoms with Crippen molar-refractivity contribution in [3.8, 4) is 0 Å². The van der Waals surface area contributed by atoms with Crippen LogP contribution in [0.1, 0.15) is 19.3 Å². The van der Waals surface area contributed by atoms with Gasteiger partial charge in [-0.3, -0.25) is 0 Å². The lowest BCUT2D eigenvalue weighted by Crippen LogP contribution is -2.39. The number of fused-ring (bicyclic) bond motifs is 1. The van der Waals surface area contributed by atoms with Gasteiger partial charge in [0.1, 0.15) is 0 Å². The molecule has 62 valence electrons. The molecule has 0 radical (unpaired) electrons. The van der Waals surface area contributed by atoms with Crippen LogP contribution in [0.4, 0.5) is 0 Å². The first-order chi connectivity index (χ1) is 5.18. The zero-order valence-electron chi connectivity index (χ0n) is 6.54. The van der Waals surface area contributed by atoms with Crippen molar-refractivity contribution in [3.05, 3.63) is 0 Å². The van der Waals surface area contributed by atoms with Gasteiger partial charge in [0.25, 0.3) is 0 Å². The average molecular weight is 156 g/mol. The van der Waals surface area contributed by atoms with E-state index >= 15 is 0 Å². The minimum atomic E-state index is -1.13. The Kier molecular flexibility index (Phi) is 1.27. The van der Waals surface area contributed by atoms with E-state index in [0.29, 0.717) is 12.3 Å². The van der Waals surface area contributed by atoms with Crippen LogP contribution >= 0.6 is 0 Å². The Hall–Kier alpha value is -0.570. The summed E-state index contributed by atoms with van der Waals surface area (Å²) < 4.78 is 4.55. The molecule has 2 saturated carbocycles. The van der Waals surface area contributed by atoms with Gasteiger partial charge in [-0.25, -0.2) is 4.79 Å². The van der Waals surface area contributed by atoms with Gasteiger partial charge < -0.3 is 9.84 Å². The highest BCUT2D eigenvalue weighted by atomic mass is 16.5. The van der Waals surface area contributed by atoms with E-state index in [1.807, 2.05) is 0 Å². The molecule has 0 saturated heterocycles. The fourth-order valence-electron chi connectivity index (χ4n) is 2.17. The molecule has 0 aromatic rings. The lowest BCUT2D eigenvalue weighted by atomic mass is 9.98. The van der Waals surface area contributed by atoms with Gasteiger partial charge in [0.15, 0.2) is 5.60 Å². The molecule has 2 aliphatic rings. The number of methoxy groups -OCH3 is 1. The molecule has 0 heterocycles. The smallest absolute Gasteiger partial charge is 0.338 e. The van der Waals surface area contributed by atoms with Gasteiger partial charge in [-0.1, -0.05) is 0 Å². The Balaban J connectivity index is 2.15. The summed E-state index contributed by atoms with van der Waals surface area (Å²) in [6.07, 6.45) is 2.58. The van der Waals surface area contributed by atoms with E-state index in [0.717, 1.165) is 12.8 Å². The minimum Gasteiger partial charge on any atom is -0.467 e. The molecule has 0 aromatic heterocycles. The third-order valence-corrected chi connectivity index (χ3v) is 2.97. The molecule has 0 spiro atoms. The Morgan fingerprint density at radius 2 is 2.45 bits per heavy atom. The number of aliphatic hydroxyl groups is 1. The molecule has 2 rings (SSSR count). The molecule has 2 fully saturated rings. The summed E-state index contributed by atoms with van der Waals surface area (Å²) in [4.78, 5) is 11.1. The lowest BCUT2D eigenvalue weighted by molar-refractivity contribution is -0.163. The molecule has 1 N–H and O–H groups in total. The number of carbonyl (C=O) groups excluding carboxylic acids is 1. The van der Waals surface area contributed by atoms with Crippen molar-refractivity contribution in [1.29, 1.82) is 0 Å². The second kappa shape index (κ2) is 1.97. The predicted molar refractivity (Wildman–Crippen MR) is 37.8 cm³/mol. The van der Waals surface area contributed by atoms with Crippen LogP contribution < -0.4 is 0 Å². The quantitative estimate of drug-likeness (QED) is 0.556. The third-order valence-electron chi connectivity index (χ3n) is 2.97.